The van der Waals surface area contributed by atoms with E-state index >= 15 is 0 Å². The molecule has 0 spiro atoms. The van der Waals surface area contributed by atoms with Crippen LogP contribution in [0.25, 0.3) is 21.5 Å². The van der Waals surface area contributed by atoms with Crippen molar-refractivity contribution in [1.82, 2.24) is 10.0 Å². The molecule has 0 aliphatic carbocycles. The van der Waals surface area contributed by atoms with E-state index in [2.05, 4.69) is 0 Å². The van der Waals surface area contributed by atoms with Gasteiger partial charge in [-0.3, -0.25) is 14.8 Å². The fraction of sp³-hybridized carbons (Fsp3) is 0.167. The molecule has 0 atom stereocenters. The number of hydrogen-bond donors (Lipinski definition) is 2. The summed E-state index contributed by atoms with van der Waals surface area (Å²) in [5.74, 6) is 0.893. The lowest BCUT2D eigenvalue weighted by atomic mass is 10.1. The van der Waals surface area contributed by atoms with Crippen molar-refractivity contribution in [2.75, 3.05) is 13.7 Å². The first-order chi connectivity index (χ1) is 15.1. The van der Waals surface area contributed by atoms with Gasteiger partial charge in [-0.25, -0.2) is 5.48 Å². The van der Waals surface area contributed by atoms with Crippen LogP contribution in [0.4, 0.5) is 0 Å². The van der Waals surface area contributed by atoms with Crippen molar-refractivity contribution in [2.24, 2.45) is 0 Å². The van der Waals surface area contributed by atoms with Crippen molar-refractivity contribution < 1.29 is 19.5 Å². The number of carbonyl (C=O) groups is 1. The average molecular weight is 418 g/mol. The Labute approximate surface area is 178 Å². The maximum atomic E-state index is 12.8. The highest BCUT2D eigenvalue weighted by Crippen LogP contribution is 2.25. The number of nitrogens with zero attached hydrogens (tertiary/aromatic N) is 1. The molecular formula is C24H22N2O5. The molecule has 0 bridgehead atoms. The molecular weight excluding hydrogens is 396 g/mol. The summed E-state index contributed by atoms with van der Waals surface area (Å²) in [5, 5.41) is 12.1. The van der Waals surface area contributed by atoms with Crippen LogP contribution in [-0.2, 0) is 6.54 Å². The molecule has 31 heavy (non-hydrogen) atoms. The van der Waals surface area contributed by atoms with Gasteiger partial charge in [-0.05, 0) is 65.0 Å². The van der Waals surface area contributed by atoms with Crippen molar-refractivity contribution in [3.8, 4) is 11.5 Å². The Kier molecular flexibility index (Phi) is 5.86. The van der Waals surface area contributed by atoms with Crippen molar-refractivity contribution >= 4 is 27.5 Å². The Balaban J connectivity index is 1.43. The standard InChI is InChI=1S/C24H22N2O5/c1-30-20-7-5-16-6-8-21(14-19(16)13-20)31-12-2-10-26-11-9-17-3-4-18(23(27)25-29)15-22(17)24(26)28/h3-9,11,13-15,29H,2,10,12H2,1H3,(H,25,27). The molecule has 3 aromatic carbocycles. The van der Waals surface area contributed by atoms with Crippen molar-refractivity contribution in [2.45, 2.75) is 13.0 Å². The number of benzene rings is 3. The van der Waals surface area contributed by atoms with Crippen LogP contribution in [0, 0.1) is 0 Å². The second kappa shape index (κ2) is 8.89. The van der Waals surface area contributed by atoms with Gasteiger partial charge < -0.3 is 14.0 Å². The summed E-state index contributed by atoms with van der Waals surface area (Å²) in [4.78, 5) is 24.4. The van der Waals surface area contributed by atoms with Gasteiger partial charge in [-0.1, -0.05) is 18.2 Å². The summed E-state index contributed by atoms with van der Waals surface area (Å²) in [7, 11) is 1.64. The van der Waals surface area contributed by atoms with Crippen LogP contribution >= 0.6 is 0 Å². The summed E-state index contributed by atoms with van der Waals surface area (Å²) < 4.78 is 12.7. The third-order valence-electron chi connectivity index (χ3n) is 5.17. The van der Waals surface area contributed by atoms with E-state index < -0.39 is 5.91 Å². The zero-order chi connectivity index (χ0) is 21.8. The summed E-state index contributed by atoms with van der Waals surface area (Å²) >= 11 is 0. The minimum absolute atomic E-state index is 0.192. The number of amides is 1. The maximum absolute atomic E-state index is 12.8. The molecule has 0 radical (unpaired) electrons. The van der Waals surface area contributed by atoms with Gasteiger partial charge in [0.25, 0.3) is 11.5 Å². The van der Waals surface area contributed by atoms with Gasteiger partial charge in [-0.15, -0.1) is 0 Å². The number of aromatic nitrogens is 1. The highest BCUT2D eigenvalue weighted by molar-refractivity contribution is 5.97. The quantitative estimate of drug-likeness (QED) is 0.271. The molecule has 1 aromatic heterocycles. The molecule has 1 amide bonds. The molecule has 0 saturated heterocycles. The van der Waals surface area contributed by atoms with Crippen LogP contribution < -0.4 is 20.5 Å². The monoisotopic (exact) mass is 418 g/mol. The number of pyridine rings is 1. The highest BCUT2D eigenvalue weighted by atomic mass is 16.5. The fourth-order valence-electron chi connectivity index (χ4n) is 3.51. The first kappa shape index (κ1) is 20.4. The van der Waals surface area contributed by atoms with E-state index in [1.54, 1.807) is 35.5 Å². The lowest BCUT2D eigenvalue weighted by molar-refractivity contribution is 0.0706. The van der Waals surface area contributed by atoms with Gasteiger partial charge in [0.15, 0.2) is 0 Å². The zero-order valence-electron chi connectivity index (χ0n) is 17.0. The minimum atomic E-state index is -0.655. The zero-order valence-corrected chi connectivity index (χ0v) is 17.0. The lowest BCUT2D eigenvalue weighted by Crippen LogP contribution is -2.22. The Bertz CT molecular complexity index is 1310. The van der Waals surface area contributed by atoms with Crippen molar-refractivity contribution in [3.05, 3.63) is 82.8 Å². The third kappa shape index (κ3) is 4.36. The number of rotatable bonds is 7. The van der Waals surface area contributed by atoms with Crippen LogP contribution in [0.15, 0.2) is 71.7 Å². The topological polar surface area (TPSA) is 89.8 Å². The van der Waals surface area contributed by atoms with E-state index in [-0.39, 0.29) is 11.1 Å². The van der Waals surface area contributed by atoms with Crippen LogP contribution in [0.2, 0.25) is 0 Å². The first-order valence-corrected chi connectivity index (χ1v) is 9.87. The Morgan fingerprint density at radius 3 is 2.48 bits per heavy atom. The van der Waals surface area contributed by atoms with Crippen LogP contribution in [0.1, 0.15) is 16.8 Å². The largest absolute Gasteiger partial charge is 0.497 e. The first-order valence-electron chi connectivity index (χ1n) is 9.87. The molecule has 1 heterocycles. The number of nitrogens with one attached hydrogen (secondary N) is 1. The SMILES string of the molecule is COc1ccc2ccc(OCCCn3ccc4ccc(C(=O)NO)cc4c3=O)cc2c1. The molecule has 2 N–H and O–H groups in total. The van der Waals surface area contributed by atoms with Crippen LogP contribution in [-0.4, -0.2) is 29.4 Å². The molecule has 4 aromatic rings. The average Bonchev–Trinajstić information content (AvgIpc) is 2.81. The maximum Gasteiger partial charge on any atom is 0.274 e. The molecule has 4 rings (SSSR count). The van der Waals surface area contributed by atoms with Gasteiger partial charge in [0, 0.05) is 23.7 Å². The molecule has 7 heteroatoms. The number of aryl methyl sites for hydroxylation is 1. The number of ether oxygens (including phenoxy) is 2. The predicted molar refractivity (Wildman–Crippen MR) is 118 cm³/mol. The second-order valence-corrected chi connectivity index (χ2v) is 7.13. The van der Waals surface area contributed by atoms with E-state index in [4.69, 9.17) is 14.7 Å². The Morgan fingerprint density at radius 1 is 0.968 bits per heavy atom. The summed E-state index contributed by atoms with van der Waals surface area (Å²) in [6, 6.07) is 18.3. The number of hydrogen-bond acceptors (Lipinski definition) is 5. The molecule has 0 aliphatic rings. The van der Waals surface area contributed by atoms with E-state index in [9.17, 15) is 9.59 Å². The summed E-state index contributed by atoms with van der Waals surface area (Å²) in [5.41, 5.74) is 1.62. The van der Waals surface area contributed by atoms with Gasteiger partial charge in [-0.2, -0.15) is 0 Å². The number of methoxy groups -OCH3 is 1. The molecule has 0 unspecified atom stereocenters. The lowest BCUT2D eigenvalue weighted by Gasteiger charge is -2.10. The van der Waals surface area contributed by atoms with Gasteiger partial charge >= 0.3 is 0 Å². The van der Waals surface area contributed by atoms with Gasteiger partial charge in [0.1, 0.15) is 11.5 Å². The van der Waals surface area contributed by atoms with E-state index in [1.165, 1.54) is 6.07 Å². The van der Waals surface area contributed by atoms with Crippen LogP contribution in [0.3, 0.4) is 0 Å². The van der Waals surface area contributed by atoms with Crippen LogP contribution in [0.5, 0.6) is 11.5 Å². The number of fused-ring (bicyclic) bond motifs is 2. The molecule has 0 saturated carbocycles. The molecule has 0 aliphatic heterocycles. The molecule has 7 nitrogen and oxygen atoms in total. The second-order valence-electron chi connectivity index (χ2n) is 7.13. The van der Waals surface area contributed by atoms with Gasteiger partial charge in [0.2, 0.25) is 0 Å². The van der Waals surface area contributed by atoms with Crippen molar-refractivity contribution in [3.63, 3.8) is 0 Å². The van der Waals surface area contributed by atoms with E-state index in [1.807, 2.05) is 42.5 Å². The highest BCUT2D eigenvalue weighted by Gasteiger charge is 2.09. The predicted octanol–water partition coefficient (Wildman–Crippen LogP) is 3.75. The number of carbonyl (C=O) groups excluding carboxylic acids is 1. The third-order valence-corrected chi connectivity index (χ3v) is 5.17. The molecule has 158 valence electrons. The normalized spacial score (nSPS) is 10.9. The van der Waals surface area contributed by atoms with E-state index in [0.29, 0.717) is 25.0 Å². The van der Waals surface area contributed by atoms with Gasteiger partial charge in [0.05, 0.1) is 13.7 Å². The smallest absolute Gasteiger partial charge is 0.274 e. The summed E-state index contributed by atoms with van der Waals surface area (Å²) in [6.45, 7) is 0.930. The summed E-state index contributed by atoms with van der Waals surface area (Å²) in [6.07, 6.45) is 2.37. The fourth-order valence-corrected chi connectivity index (χ4v) is 3.51. The van der Waals surface area contributed by atoms with E-state index in [0.717, 1.165) is 27.7 Å². The Morgan fingerprint density at radius 2 is 1.71 bits per heavy atom. The molecule has 0 fully saturated rings. The van der Waals surface area contributed by atoms with Crippen molar-refractivity contribution in [1.29, 1.82) is 0 Å². The number of hydroxylamine groups is 1. The Hall–Kier alpha value is -3.84. The minimum Gasteiger partial charge on any atom is -0.497 e.